The maximum Gasteiger partial charge on any atom is 0.310 e. The summed E-state index contributed by atoms with van der Waals surface area (Å²) in [5.74, 6) is -0.432. The fraction of sp³-hybridized carbons (Fsp3) is 0.529. The molecule has 0 aliphatic carbocycles. The van der Waals surface area contributed by atoms with Crippen LogP contribution in [0.5, 0.6) is 0 Å². The molecule has 2 rings (SSSR count). The molecule has 1 heterocycles. The maximum absolute atomic E-state index is 12.9. The third kappa shape index (κ3) is 4.53. The van der Waals surface area contributed by atoms with Crippen LogP contribution in [-0.2, 0) is 25.4 Å². The van der Waals surface area contributed by atoms with Gasteiger partial charge in [-0.3, -0.25) is 9.59 Å². The molecule has 0 radical (unpaired) electrons. The fourth-order valence-electron chi connectivity index (χ4n) is 2.66. The van der Waals surface area contributed by atoms with Gasteiger partial charge in [0.25, 0.3) is 5.91 Å². The zero-order valence-electron chi connectivity index (χ0n) is 13.6. The summed E-state index contributed by atoms with van der Waals surface area (Å²) >= 11 is 0. The van der Waals surface area contributed by atoms with Crippen molar-refractivity contribution in [2.75, 3.05) is 40.1 Å². The normalized spacial score (nSPS) is 17.8. The summed E-state index contributed by atoms with van der Waals surface area (Å²) in [4.78, 5) is 26.4. The molecule has 1 aromatic rings. The number of morpholine rings is 1. The van der Waals surface area contributed by atoms with Crippen molar-refractivity contribution in [2.45, 2.75) is 19.4 Å². The molecule has 0 bridgehead atoms. The van der Waals surface area contributed by atoms with Crippen LogP contribution >= 0.6 is 0 Å². The minimum atomic E-state index is -0.330. The molecule has 1 saturated heterocycles. The quantitative estimate of drug-likeness (QED) is 0.739. The summed E-state index contributed by atoms with van der Waals surface area (Å²) in [5, 5.41) is 0. The lowest BCUT2D eigenvalue weighted by molar-refractivity contribution is -0.142. The smallest absolute Gasteiger partial charge is 0.310 e. The number of amides is 1. The number of hydrogen-bond acceptors (Lipinski definition) is 5. The maximum atomic E-state index is 12.9. The van der Waals surface area contributed by atoms with E-state index in [-0.39, 0.29) is 24.3 Å². The zero-order chi connectivity index (χ0) is 16.7. The van der Waals surface area contributed by atoms with Gasteiger partial charge in [0.15, 0.2) is 0 Å². The number of rotatable bonds is 6. The van der Waals surface area contributed by atoms with E-state index in [1.165, 1.54) is 0 Å². The second-order valence-electron chi connectivity index (χ2n) is 5.32. The van der Waals surface area contributed by atoms with Gasteiger partial charge in [0.2, 0.25) is 0 Å². The van der Waals surface area contributed by atoms with Crippen molar-refractivity contribution in [1.29, 1.82) is 0 Å². The average molecular weight is 321 g/mol. The van der Waals surface area contributed by atoms with E-state index in [0.29, 0.717) is 44.1 Å². The van der Waals surface area contributed by atoms with E-state index in [0.717, 1.165) is 0 Å². The molecule has 1 aliphatic rings. The summed E-state index contributed by atoms with van der Waals surface area (Å²) in [7, 11) is 1.60. The number of carbonyl (C=O) groups excluding carboxylic acids is 2. The molecule has 6 heteroatoms. The minimum Gasteiger partial charge on any atom is -0.466 e. The average Bonchev–Trinajstić information content (AvgIpc) is 2.56. The van der Waals surface area contributed by atoms with Crippen LogP contribution in [0.4, 0.5) is 0 Å². The largest absolute Gasteiger partial charge is 0.466 e. The van der Waals surface area contributed by atoms with E-state index in [2.05, 4.69) is 0 Å². The van der Waals surface area contributed by atoms with Gasteiger partial charge in [0.05, 0.1) is 38.9 Å². The molecule has 1 aromatic carbocycles. The third-order valence-corrected chi connectivity index (χ3v) is 3.74. The van der Waals surface area contributed by atoms with Gasteiger partial charge in [-0.05, 0) is 18.6 Å². The van der Waals surface area contributed by atoms with Gasteiger partial charge in [-0.2, -0.15) is 0 Å². The third-order valence-electron chi connectivity index (χ3n) is 3.74. The lowest BCUT2D eigenvalue weighted by Crippen LogP contribution is -2.51. The molecule has 1 aliphatic heterocycles. The Morgan fingerprint density at radius 2 is 2.13 bits per heavy atom. The van der Waals surface area contributed by atoms with Crippen LogP contribution < -0.4 is 0 Å². The van der Waals surface area contributed by atoms with Gasteiger partial charge < -0.3 is 19.1 Å². The number of methoxy groups -OCH3 is 1. The number of nitrogens with zero attached hydrogens (tertiary/aromatic N) is 1. The van der Waals surface area contributed by atoms with Gasteiger partial charge in [0, 0.05) is 19.2 Å². The van der Waals surface area contributed by atoms with Crippen molar-refractivity contribution >= 4 is 11.9 Å². The predicted octanol–water partition coefficient (Wildman–Crippen LogP) is 1.28. The first-order valence-corrected chi connectivity index (χ1v) is 7.78. The SMILES string of the molecule is CCOC(=O)Cc1ccccc1C(=O)N1CCOC[C@H]1COC. The van der Waals surface area contributed by atoms with Crippen LogP contribution in [0, 0.1) is 0 Å². The van der Waals surface area contributed by atoms with Crippen LogP contribution in [0.3, 0.4) is 0 Å². The Bertz CT molecular complexity index is 544. The standard InChI is InChI=1S/C17H23NO5/c1-3-23-16(19)10-13-6-4-5-7-15(13)17(20)18-8-9-22-12-14(18)11-21-2/h4-7,14H,3,8-12H2,1-2H3/t14-/m1/s1. The Balaban J connectivity index is 2.19. The second kappa shape index (κ2) is 8.64. The van der Waals surface area contributed by atoms with Crippen molar-refractivity contribution < 1.29 is 23.8 Å². The first kappa shape index (κ1) is 17.4. The second-order valence-corrected chi connectivity index (χ2v) is 5.32. The van der Waals surface area contributed by atoms with Gasteiger partial charge in [-0.1, -0.05) is 18.2 Å². The molecular weight excluding hydrogens is 298 g/mol. The molecule has 0 spiro atoms. The van der Waals surface area contributed by atoms with Crippen molar-refractivity contribution in [3.05, 3.63) is 35.4 Å². The van der Waals surface area contributed by atoms with E-state index < -0.39 is 0 Å². The zero-order valence-corrected chi connectivity index (χ0v) is 13.6. The molecule has 6 nitrogen and oxygen atoms in total. The first-order chi connectivity index (χ1) is 11.2. The Morgan fingerprint density at radius 1 is 1.35 bits per heavy atom. The van der Waals surface area contributed by atoms with Crippen molar-refractivity contribution in [3.63, 3.8) is 0 Å². The Hall–Kier alpha value is -1.92. The highest BCUT2D eigenvalue weighted by molar-refractivity contribution is 5.97. The molecule has 0 aromatic heterocycles. The fourth-order valence-corrected chi connectivity index (χ4v) is 2.66. The summed E-state index contributed by atoms with van der Waals surface area (Å²) in [6.45, 7) is 3.99. The predicted molar refractivity (Wildman–Crippen MR) is 84.3 cm³/mol. The first-order valence-electron chi connectivity index (χ1n) is 7.78. The van der Waals surface area contributed by atoms with E-state index in [4.69, 9.17) is 14.2 Å². The molecule has 1 amide bonds. The van der Waals surface area contributed by atoms with Gasteiger partial charge in [-0.15, -0.1) is 0 Å². The highest BCUT2D eigenvalue weighted by Gasteiger charge is 2.29. The summed E-state index contributed by atoms with van der Waals surface area (Å²) in [6, 6.07) is 7.04. The monoisotopic (exact) mass is 321 g/mol. The minimum absolute atomic E-state index is 0.0923. The molecule has 1 fully saturated rings. The molecular formula is C17H23NO5. The van der Waals surface area contributed by atoms with Crippen LogP contribution in [0.1, 0.15) is 22.8 Å². The van der Waals surface area contributed by atoms with Crippen LogP contribution in [0.25, 0.3) is 0 Å². The molecule has 1 atom stereocenters. The van der Waals surface area contributed by atoms with Crippen LogP contribution in [0.15, 0.2) is 24.3 Å². The Morgan fingerprint density at radius 3 is 2.87 bits per heavy atom. The number of ether oxygens (including phenoxy) is 3. The number of hydrogen-bond donors (Lipinski definition) is 0. The number of benzene rings is 1. The van der Waals surface area contributed by atoms with Crippen molar-refractivity contribution in [1.82, 2.24) is 4.90 Å². The molecule has 23 heavy (non-hydrogen) atoms. The van der Waals surface area contributed by atoms with Gasteiger partial charge in [-0.25, -0.2) is 0 Å². The molecule has 0 saturated carbocycles. The van der Waals surface area contributed by atoms with Gasteiger partial charge >= 0.3 is 5.97 Å². The lowest BCUT2D eigenvalue weighted by Gasteiger charge is -2.35. The van der Waals surface area contributed by atoms with E-state index in [9.17, 15) is 9.59 Å². The highest BCUT2D eigenvalue weighted by Crippen LogP contribution is 2.17. The summed E-state index contributed by atoms with van der Waals surface area (Å²) in [6.07, 6.45) is 0.0923. The summed E-state index contributed by atoms with van der Waals surface area (Å²) < 4.78 is 15.6. The van der Waals surface area contributed by atoms with E-state index in [1.807, 2.05) is 6.07 Å². The van der Waals surface area contributed by atoms with Crippen molar-refractivity contribution in [3.8, 4) is 0 Å². The van der Waals surface area contributed by atoms with E-state index >= 15 is 0 Å². The Labute approximate surface area is 136 Å². The molecule has 0 unspecified atom stereocenters. The van der Waals surface area contributed by atoms with Crippen LogP contribution in [0.2, 0.25) is 0 Å². The topological polar surface area (TPSA) is 65.1 Å². The number of esters is 1. The number of carbonyl (C=O) groups is 2. The molecule has 126 valence electrons. The Kier molecular flexibility index (Phi) is 6.55. The van der Waals surface area contributed by atoms with Crippen molar-refractivity contribution in [2.24, 2.45) is 0 Å². The highest BCUT2D eigenvalue weighted by atomic mass is 16.5. The lowest BCUT2D eigenvalue weighted by atomic mass is 10.0. The molecule has 0 N–H and O–H groups in total. The van der Waals surface area contributed by atoms with E-state index in [1.54, 1.807) is 37.1 Å². The van der Waals surface area contributed by atoms with Gasteiger partial charge in [0.1, 0.15) is 0 Å². The summed E-state index contributed by atoms with van der Waals surface area (Å²) in [5.41, 5.74) is 1.21. The van der Waals surface area contributed by atoms with Crippen LogP contribution in [-0.4, -0.2) is 62.9 Å².